The average molecular weight is 703 g/mol. The molecule has 0 heterocycles. The van der Waals surface area contributed by atoms with Gasteiger partial charge in [0.15, 0.2) is 0 Å². The maximum atomic E-state index is 10.3. The molecule has 0 aromatic carbocycles. The first-order valence-electron chi connectivity index (χ1n) is 20.3. The number of aliphatic carboxylic acids is 2. The minimum Gasteiger partial charge on any atom is -0.481 e. The van der Waals surface area contributed by atoms with Gasteiger partial charge in [-0.3, -0.25) is 9.59 Å². The molecule has 296 valence electrons. The fourth-order valence-corrected chi connectivity index (χ4v) is 4.69. The number of unbranched alkanes of at least 4 members (excludes halogenated alkanes) is 22. The van der Waals surface area contributed by atoms with E-state index in [1.807, 2.05) is 0 Å². The van der Waals surface area contributed by atoms with E-state index in [0.717, 1.165) is 25.7 Å². The Morgan fingerprint density at radius 1 is 0.347 bits per heavy atom. The molecule has 0 bridgehead atoms. The van der Waals surface area contributed by atoms with Crippen LogP contribution in [0.15, 0.2) is 24.3 Å². The highest BCUT2D eigenvalue weighted by molar-refractivity contribution is 5.66. The van der Waals surface area contributed by atoms with Crippen LogP contribution < -0.4 is 0 Å². The molecule has 0 spiro atoms. The van der Waals surface area contributed by atoms with Crippen molar-refractivity contribution in [3.05, 3.63) is 24.3 Å². The zero-order chi connectivity index (χ0) is 37.9. The summed E-state index contributed by atoms with van der Waals surface area (Å²) in [4.78, 5) is 20.6. The van der Waals surface area contributed by atoms with Crippen LogP contribution in [0.4, 0.5) is 0 Å². The van der Waals surface area contributed by atoms with Crippen LogP contribution in [0.3, 0.4) is 0 Å². The van der Waals surface area contributed by atoms with E-state index in [9.17, 15) is 9.59 Å². The lowest BCUT2D eigenvalue weighted by atomic mass is 10.1. The van der Waals surface area contributed by atoms with E-state index in [2.05, 4.69) is 38.2 Å². The van der Waals surface area contributed by atoms with Crippen LogP contribution in [-0.4, -0.2) is 57.3 Å². The molecule has 7 heteroatoms. The first-order chi connectivity index (χ1) is 23.8. The first kappa shape index (κ1) is 56.7. The lowest BCUT2D eigenvalue weighted by Gasteiger charge is -1.99. The molecule has 0 unspecified atom stereocenters. The van der Waals surface area contributed by atoms with Crippen LogP contribution in [0.1, 0.15) is 214 Å². The Hall–Kier alpha value is -1.70. The number of aliphatic hydroxyl groups is 3. The Morgan fingerprint density at radius 2 is 0.531 bits per heavy atom. The smallest absolute Gasteiger partial charge is 0.303 e. The van der Waals surface area contributed by atoms with Crippen LogP contribution in [0.5, 0.6) is 0 Å². The Bertz CT molecular complexity index is 565. The van der Waals surface area contributed by atoms with Gasteiger partial charge in [0.05, 0.1) is 0 Å². The van der Waals surface area contributed by atoms with Gasteiger partial charge < -0.3 is 25.5 Å². The molecule has 0 amide bonds. The number of hydrogen-bond donors (Lipinski definition) is 5. The monoisotopic (exact) mass is 703 g/mol. The maximum absolute atomic E-state index is 10.3. The summed E-state index contributed by atoms with van der Waals surface area (Å²) in [6.07, 6.45) is 42.5. The average Bonchev–Trinajstić information content (AvgIpc) is 3.06. The molecule has 0 aliphatic heterocycles. The molecule has 7 nitrogen and oxygen atoms in total. The number of hydrogen-bond acceptors (Lipinski definition) is 5. The highest BCUT2D eigenvalue weighted by Gasteiger charge is 1.97. The lowest BCUT2D eigenvalue weighted by molar-refractivity contribution is -0.138. The van der Waals surface area contributed by atoms with Crippen molar-refractivity contribution in [3.63, 3.8) is 0 Å². The third-order valence-electron chi connectivity index (χ3n) is 7.30. The highest BCUT2D eigenvalue weighted by atomic mass is 16.4. The van der Waals surface area contributed by atoms with Gasteiger partial charge in [-0.1, -0.05) is 141 Å². The van der Waals surface area contributed by atoms with Gasteiger partial charge >= 0.3 is 11.9 Å². The Balaban J connectivity index is -0.000000211. The van der Waals surface area contributed by atoms with E-state index in [4.69, 9.17) is 25.5 Å². The van der Waals surface area contributed by atoms with Crippen molar-refractivity contribution in [1.29, 1.82) is 0 Å². The summed E-state index contributed by atoms with van der Waals surface area (Å²) in [5.41, 5.74) is 0. The summed E-state index contributed by atoms with van der Waals surface area (Å²) in [5.74, 6) is -1.33. The molecular weight excluding hydrogens is 616 g/mol. The first-order valence-corrected chi connectivity index (χ1v) is 20.3. The number of carbonyl (C=O) groups is 2. The predicted molar refractivity (Wildman–Crippen MR) is 212 cm³/mol. The third-order valence-corrected chi connectivity index (χ3v) is 7.30. The quantitative estimate of drug-likeness (QED) is 0.0371. The molecule has 49 heavy (non-hydrogen) atoms. The lowest BCUT2D eigenvalue weighted by Crippen LogP contribution is -1.93. The van der Waals surface area contributed by atoms with Crippen molar-refractivity contribution in [2.45, 2.75) is 214 Å². The molecule has 0 fully saturated rings. The van der Waals surface area contributed by atoms with E-state index in [1.54, 1.807) is 20.8 Å². The normalized spacial score (nSPS) is 10.3. The zero-order valence-corrected chi connectivity index (χ0v) is 33.3. The summed E-state index contributed by atoms with van der Waals surface area (Å²) < 4.78 is 0. The van der Waals surface area contributed by atoms with Gasteiger partial charge in [-0.25, -0.2) is 0 Å². The van der Waals surface area contributed by atoms with Gasteiger partial charge in [-0.2, -0.15) is 0 Å². The van der Waals surface area contributed by atoms with Crippen molar-refractivity contribution in [2.75, 3.05) is 19.8 Å². The van der Waals surface area contributed by atoms with E-state index in [1.165, 1.54) is 141 Å². The highest BCUT2D eigenvalue weighted by Crippen LogP contribution is 2.11. The van der Waals surface area contributed by atoms with Crippen molar-refractivity contribution in [2.24, 2.45) is 0 Å². The van der Waals surface area contributed by atoms with Gasteiger partial charge in [-0.15, -0.1) is 0 Å². The molecular formula is C42H86O7. The summed E-state index contributed by atoms with van der Waals surface area (Å²) >= 11 is 0. The van der Waals surface area contributed by atoms with Crippen molar-refractivity contribution >= 4 is 11.9 Å². The molecule has 0 aliphatic rings. The van der Waals surface area contributed by atoms with Crippen LogP contribution in [0.2, 0.25) is 0 Å². The van der Waals surface area contributed by atoms with Crippen molar-refractivity contribution < 1.29 is 35.1 Å². The summed E-state index contributed by atoms with van der Waals surface area (Å²) in [5, 5.41) is 39.7. The van der Waals surface area contributed by atoms with E-state index in [-0.39, 0.29) is 19.8 Å². The number of rotatable bonds is 30. The second-order valence-electron chi connectivity index (χ2n) is 12.4. The number of carboxylic acid groups (broad SMARTS) is 2. The van der Waals surface area contributed by atoms with E-state index < -0.39 is 11.9 Å². The number of carboxylic acids is 2. The van der Waals surface area contributed by atoms with Crippen LogP contribution >= 0.6 is 0 Å². The molecule has 0 saturated heterocycles. The number of allylic oxidation sites excluding steroid dienone is 4. The van der Waals surface area contributed by atoms with Gasteiger partial charge in [0.25, 0.3) is 0 Å². The molecule has 0 aromatic heterocycles. The van der Waals surface area contributed by atoms with Gasteiger partial charge in [0, 0.05) is 32.7 Å². The SMILES string of the molecule is CCCCCCCC/C=C\CCCCCCCC(=O)O.CCCCCCCC/C=C\CCCCCCCC(=O)O.CCO.CCO.CCO. The van der Waals surface area contributed by atoms with Crippen LogP contribution in [-0.2, 0) is 9.59 Å². The van der Waals surface area contributed by atoms with Crippen molar-refractivity contribution in [1.82, 2.24) is 0 Å². The summed E-state index contributed by atoms with van der Waals surface area (Å²) in [6, 6.07) is 0. The van der Waals surface area contributed by atoms with Gasteiger partial charge in [-0.05, 0) is 85.0 Å². The standard InChI is InChI=1S/2C18H34O2.3C2H6O/c2*1-2-3-4-5-6-7-8-9-10-11-12-13-14-15-16-17-18(19)20;3*1-2-3/h2*9-10H,2-8,11-17H2,1H3,(H,19,20);3*3H,2H2,1H3/b2*10-9-;;;. The fourth-order valence-electron chi connectivity index (χ4n) is 4.69. The molecule has 5 N–H and O–H groups in total. The second-order valence-corrected chi connectivity index (χ2v) is 12.4. The predicted octanol–water partition coefficient (Wildman–Crippen LogP) is 12.2. The Labute approximate surface area is 305 Å². The summed E-state index contributed by atoms with van der Waals surface area (Å²) in [7, 11) is 0. The van der Waals surface area contributed by atoms with E-state index in [0.29, 0.717) is 12.8 Å². The largest absolute Gasteiger partial charge is 0.481 e. The minimum absolute atomic E-state index is 0.250. The molecule has 0 saturated carbocycles. The Kier molecular flexibility index (Phi) is 71.1. The fraction of sp³-hybridized carbons (Fsp3) is 0.857. The molecule has 0 rings (SSSR count). The van der Waals surface area contributed by atoms with E-state index >= 15 is 0 Å². The van der Waals surface area contributed by atoms with Crippen molar-refractivity contribution in [3.8, 4) is 0 Å². The molecule has 0 atom stereocenters. The van der Waals surface area contributed by atoms with Gasteiger partial charge in [0.2, 0.25) is 0 Å². The molecule has 0 aliphatic carbocycles. The van der Waals surface area contributed by atoms with Gasteiger partial charge in [0.1, 0.15) is 0 Å². The summed E-state index contributed by atoms with van der Waals surface area (Å²) in [6.45, 7) is 10.3. The van der Waals surface area contributed by atoms with Crippen LogP contribution in [0.25, 0.3) is 0 Å². The third kappa shape index (κ3) is 87.1. The molecule has 0 aromatic rings. The Morgan fingerprint density at radius 3 is 0.735 bits per heavy atom. The zero-order valence-electron chi connectivity index (χ0n) is 33.3. The van der Waals surface area contributed by atoms with Crippen LogP contribution in [0, 0.1) is 0 Å². The second kappa shape index (κ2) is 61.5. The number of aliphatic hydroxyl groups excluding tert-OH is 3. The topological polar surface area (TPSA) is 135 Å². The minimum atomic E-state index is -0.664. The maximum Gasteiger partial charge on any atom is 0.303 e. The molecule has 0 radical (unpaired) electrons.